The van der Waals surface area contributed by atoms with Crippen LogP contribution in [0.25, 0.3) is 6.08 Å². The van der Waals surface area contributed by atoms with E-state index in [1.54, 1.807) is 24.5 Å². The minimum Gasteiger partial charge on any atom is -0.494 e. The van der Waals surface area contributed by atoms with E-state index >= 15 is 0 Å². The second kappa shape index (κ2) is 6.25. The molecule has 3 aliphatic rings. The van der Waals surface area contributed by atoms with E-state index in [4.69, 9.17) is 4.74 Å². The van der Waals surface area contributed by atoms with E-state index in [1.165, 1.54) is 0 Å². The number of rotatable bonds is 3. The summed E-state index contributed by atoms with van der Waals surface area (Å²) in [6.07, 6.45) is 8.32. The lowest BCUT2D eigenvalue weighted by Crippen LogP contribution is -2.54. The lowest BCUT2D eigenvalue weighted by molar-refractivity contribution is -0.136. The van der Waals surface area contributed by atoms with Gasteiger partial charge in [-0.1, -0.05) is 12.1 Å². The molecule has 3 heterocycles. The van der Waals surface area contributed by atoms with Gasteiger partial charge in [-0.25, -0.2) is 0 Å². The summed E-state index contributed by atoms with van der Waals surface area (Å²) < 4.78 is 5.35. The Hall–Kier alpha value is -3.22. The maximum absolute atomic E-state index is 12.7. The quantitative estimate of drug-likeness (QED) is 0.830. The van der Waals surface area contributed by atoms with E-state index < -0.39 is 23.8 Å². The first-order valence-electron chi connectivity index (χ1n) is 8.39. The summed E-state index contributed by atoms with van der Waals surface area (Å²) in [6.45, 7) is 0. The van der Waals surface area contributed by atoms with E-state index in [2.05, 4.69) is 5.32 Å². The van der Waals surface area contributed by atoms with Gasteiger partial charge in [-0.15, -0.1) is 0 Å². The Balaban J connectivity index is 1.58. The van der Waals surface area contributed by atoms with Gasteiger partial charge in [0.15, 0.2) is 0 Å². The maximum Gasteiger partial charge on any atom is 0.262 e. The monoisotopic (exact) mass is 352 g/mol. The molecule has 0 saturated carbocycles. The molecule has 3 aliphatic heterocycles. The number of ether oxygens (including phenoxy) is 1. The Morgan fingerprint density at radius 1 is 1.12 bits per heavy atom. The molecule has 0 aliphatic carbocycles. The van der Waals surface area contributed by atoms with Crippen molar-refractivity contribution in [2.24, 2.45) is 0 Å². The summed E-state index contributed by atoms with van der Waals surface area (Å²) in [4.78, 5) is 49.6. The molecule has 1 aromatic carbocycles. The number of benzene rings is 1. The minimum atomic E-state index is -0.947. The number of nitrogens with zero attached hydrogens (tertiary/aromatic N) is 1. The number of hydrogen-bond acceptors (Lipinski definition) is 5. The number of nitrogens with one attached hydrogen (secondary N) is 1. The van der Waals surface area contributed by atoms with E-state index in [0.717, 1.165) is 16.9 Å². The Morgan fingerprint density at radius 3 is 2.65 bits per heavy atom. The predicted molar refractivity (Wildman–Crippen MR) is 90.8 cm³/mol. The summed E-state index contributed by atoms with van der Waals surface area (Å²) >= 11 is 0. The van der Waals surface area contributed by atoms with E-state index in [9.17, 15) is 19.2 Å². The third-order valence-corrected chi connectivity index (χ3v) is 4.69. The summed E-state index contributed by atoms with van der Waals surface area (Å²) in [5.74, 6) is -2.01. The van der Waals surface area contributed by atoms with Gasteiger partial charge in [-0.2, -0.15) is 0 Å². The zero-order chi connectivity index (χ0) is 18.3. The smallest absolute Gasteiger partial charge is 0.262 e. The zero-order valence-corrected chi connectivity index (χ0v) is 13.8. The van der Waals surface area contributed by atoms with Crippen LogP contribution in [0, 0.1) is 0 Å². The molecule has 0 radical (unpaired) electrons. The van der Waals surface area contributed by atoms with Gasteiger partial charge < -0.3 is 4.74 Å². The number of fused-ring (bicyclic) bond motifs is 1. The van der Waals surface area contributed by atoms with Crippen LogP contribution < -0.4 is 5.32 Å². The minimum absolute atomic E-state index is 0.0273. The van der Waals surface area contributed by atoms with Crippen molar-refractivity contribution in [1.29, 1.82) is 0 Å². The summed E-state index contributed by atoms with van der Waals surface area (Å²) in [5.41, 5.74) is 1.31. The average Bonchev–Trinajstić information content (AvgIpc) is 3.22. The van der Waals surface area contributed by atoms with Crippen molar-refractivity contribution in [1.82, 2.24) is 10.2 Å². The number of amides is 4. The van der Waals surface area contributed by atoms with Gasteiger partial charge in [0.2, 0.25) is 11.8 Å². The molecule has 2 unspecified atom stereocenters. The third kappa shape index (κ3) is 2.71. The standard InChI is InChI=1S/C19H16N2O5/c22-16-8-7-15(17(23)20-16)21-18(24)13-6-4-11(10-14(13)19(21)25)3-5-12-2-1-9-26-12/h1,3-6,9-10,12,15H,2,7-8H2,(H,20,22,23)/b5-3+. The van der Waals surface area contributed by atoms with Crippen LogP contribution in [0.5, 0.6) is 0 Å². The zero-order valence-electron chi connectivity index (χ0n) is 13.8. The molecule has 1 N–H and O–H groups in total. The van der Waals surface area contributed by atoms with Crippen molar-refractivity contribution >= 4 is 29.7 Å². The number of hydrogen-bond donors (Lipinski definition) is 1. The Morgan fingerprint density at radius 2 is 1.92 bits per heavy atom. The molecule has 4 amide bonds. The fourth-order valence-corrected chi connectivity index (χ4v) is 3.34. The predicted octanol–water partition coefficient (Wildman–Crippen LogP) is 1.40. The van der Waals surface area contributed by atoms with E-state index in [-0.39, 0.29) is 36.0 Å². The van der Waals surface area contributed by atoms with E-state index in [0.29, 0.717) is 0 Å². The number of carbonyl (C=O) groups excluding carboxylic acids is 4. The Bertz CT molecular complexity index is 878. The van der Waals surface area contributed by atoms with Crippen molar-refractivity contribution in [2.75, 3.05) is 0 Å². The first kappa shape index (κ1) is 16.3. The van der Waals surface area contributed by atoms with Gasteiger partial charge in [0, 0.05) is 12.8 Å². The molecule has 7 heteroatoms. The molecule has 0 aromatic heterocycles. The highest BCUT2D eigenvalue weighted by Gasteiger charge is 2.44. The van der Waals surface area contributed by atoms with Crippen LogP contribution in [0.2, 0.25) is 0 Å². The highest BCUT2D eigenvalue weighted by atomic mass is 16.5. The van der Waals surface area contributed by atoms with Crippen molar-refractivity contribution < 1.29 is 23.9 Å². The van der Waals surface area contributed by atoms with E-state index in [1.807, 2.05) is 18.2 Å². The van der Waals surface area contributed by atoms with Crippen LogP contribution in [0.1, 0.15) is 45.5 Å². The van der Waals surface area contributed by atoms with Crippen LogP contribution in [0.4, 0.5) is 0 Å². The SMILES string of the molecule is O=C1CCC(N2C(=O)c3ccc(/C=C/C4CC=CO4)cc3C2=O)C(=O)N1. The molecular weight excluding hydrogens is 336 g/mol. The molecule has 1 saturated heterocycles. The summed E-state index contributed by atoms with van der Waals surface area (Å²) in [7, 11) is 0. The molecule has 0 spiro atoms. The topological polar surface area (TPSA) is 92.8 Å². The first-order chi connectivity index (χ1) is 12.5. The van der Waals surface area contributed by atoms with Crippen molar-refractivity contribution in [2.45, 2.75) is 31.4 Å². The van der Waals surface area contributed by atoms with Crippen LogP contribution in [-0.2, 0) is 14.3 Å². The second-order valence-corrected chi connectivity index (χ2v) is 6.39. The molecule has 1 fully saturated rings. The largest absolute Gasteiger partial charge is 0.494 e. The van der Waals surface area contributed by atoms with Crippen LogP contribution in [0.15, 0.2) is 36.6 Å². The maximum atomic E-state index is 12.7. The molecular formula is C19H16N2O5. The van der Waals surface area contributed by atoms with Crippen molar-refractivity contribution in [3.8, 4) is 0 Å². The molecule has 2 atom stereocenters. The van der Waals surface area contributed by atoms with Crippen LogP contribution in [-0.4, -0.2) is 40.7 Å². The van der Waals surface area contributed by atoms with Gasteiger partial charge in [0.25, 0.3) is 11.8 Å². The Kier molecular flexibility index (Phi) is 3.91. The highest BCUT2D eigenvalue weighted by Crippen LogP contribution is 2.28. The fraction of sp³-hybridized carbons (Fsp3) is 0.263. The van der Waals surface area contributed by atoms with Gasteiger partial charge in [-0.3, -0.25) is 29.4 Å². The van der Waals surface area contributed by atoms with Gasteiger partial charge in [0.05, 0.1) is 17.4 Å². The third-order valence-electron chi connectivity index (χ3n) is 4.69. The molecule has 4 rings (SSSR count). The summed E-state index contributed by atoms with van der Waals surface area (Å²) in [6, 6.07) is 4.03. The second-order valence-electron chi connectivity index (χ2n) is 6.39. The molecule has 7 nitrogen and oxygen atoms in total. The Labute approximate surface area is 149 Å². The number of piperidine rings is 1. The van der Waals surface area contributed by atoms with Crippen LogP contribution in [0.3, 0.4) is 0 Å². The molecule has 0 bridgehead atoms. The van der Waals surface area contributed by atoms with Gasteiger partial charge >= 0.3 is 0 Å². The first-order valence-corrected chi connectivity index (χ1v) is 8.39. The van der Waals surface area contributed by atoms with Crippen molar-refractivity contribution in [3.05, 3.63) is 53.3 Å². The van der Waals surface area contributed by atoms with Crippen molar-refractivity contribution in [3.63, 3.8) is 0 Å². The molecule has 132 valence electrons. The van der Waals surface area contributed by atoms with Crippen LogP contribution >= 0.6 is 0 Å². The molecule has 1 aromatic rings. The average molecular weight is 352 g/mol. The lowest BCUT2D eigenvalue weighted by atomic mass is 10.0. The fourth-order valence-electron chi connectivity index (χ4n) is 3.34. The lowest BCUT2D eigenvalue weighted by Gasteiger charge is -2.27. The molecule has 26 heavy (non-hydrogen) atoms. The number of imide groups is 2. The van der Waals surface area contributed by atoms with Gasteiger partial charge in [0.1, 0.15) is 12.1 Å². The van der Waals surface area contributed by atoms with Gasteiger partial charge in [-0.05, 0) is 36.3 Å². The highest BCUT2D eigenvalue weighted by molar-refractivity contribution is 6.23. The normalized spacial score (nSPS) is 25.0. The number of carbonyl (C=O) groups is 4. The summed E-state index contributed by atoms with van der Waals surface area (Å²) in [5, 5.41) is 2.18.